The largest absolute Gasteiger partial charge is 0.233 e. The zero-order valence-corrected chi connectivity index (χ0v) is 11.5. The molecule has 0 amide bonds. The highest BCUT2D eigenvalue weighted by Crippen LogP contribution is 2.28. The summed E-state index contributed by atoms with van der Waals surface area (Å²) < 4.78 is 0. The van der Waals surface area contributed by atoms with Crippen LogP contribution < -0.4 is 0 Å². The number of aryl methyl sites for hydroxylation is 1. The molecule has 0 aliphatic carbocycles. The van der Waals surface area contributed by atoms with Crippen molar-refractivity contribution in [2.24, 2.45) is 0 Å². The second kappa shape index (κ2) is 4.26. The van der Waals surface area contributed by atoms with E-state index in [1.807, 2.05) is 13.0 Å². The Morgan fingerprint density at radius 3 is 2.47 bits per heavy atom. The standard InChI is InChI=1S/C14H17ClN2/c1-5-12-16-11-7-6-9(14(2,3)4)8-10(11)13(15)17-12/h6-8H,5H2,1-4H3. The molecule has 2 rings (SSSR count). The maximum Gasteiger partial charge on any atom is 0.140 e. The maximum absolute atomic E-state index is 6.21. The molecule has 90 valence electrons. The number of halogens is 1. The molecule has 0 saturated carbocycles. The van der Waals surface area contributed by atoms with Gasteiger partial charge in [-0.3, -0.25) is 0 Å². The van der Waals surface area contributed by atoms with E-state index >= 15 is 0 Å². The van der Waals surface area contributed by atoms with Gasteiger partial charge < -0.3 is 0 Å². The van der Waals surface area contributed by atoms with Gasteiger partial charge in [-0.05, 0) is 23.1 Å². The van der Waals surface area contributed by atoms with Crippen molar-refractivity contribution in [3.63, 3.8) is 0 Å². The molecule has 0 spiro atoms. The molecule has 0 saturated heterocycles. The molecule has 0 radical (unpaired) electrons. The van der Waals surface area contributed by atoms with Gasteiger partial charge in [-0.1, -0.05) is 45.4 Å². The highest BCUT2D eigenvalue weighted by molar-refractivity contribution is 6.34. The number of aromatic nitrogens is 2. The summed E-state index contributed by atoms with van der Waals surface area (Å²) >= 11 is 6.21. The fourth-order valence-electron chi connectivity index (χ4n) is 1.76. The van der Waals surface area contributed by atoms with Crippen LogP contribution in [0.25, 0.3) is 10.9 Å². The van der Waals surface area contributed by atoms with Crippen LogP contribution >= 0.6 is 11.6 Å². The van der Waals surface area contributed by atoms with E-state index in [9.17, 15) is 0 Å². The minimum atomic E-state index is 0.112. The van der Waals surface area contributed by atoms with E-state index in [0.717, 1.165) is 23.1 Å². The molecular formula is C14H17ClN2. The first-order valence-electron chi connectivity index (χ1n) is 5.88. The fraction of sp³-hybridized carbons (Fsp3) is 0.429. The van der Waals surface area contributed by atoms with Crippen LogP contribution in [0.5, 0.6) is 0 Å². The van der Waals surface area contributed by atoms with E-state index in [1.54, 1.807) is 0 Å². The van der Waals surface area contributed by atoms with Crippen LogP contribution in [0.2, 0.25) is 5.15 Å². The van der Waals surface area contributed by atoms with Gasteiger partial charge in [0.25, 0.3) is 0 Å². The van der Waals surface area contributed by atoms with Gasteiger partial charge in [0, 0.05) is 11.8 Å². The molecule has 2 nitrogen and oxygen atoms in total. The molecule has 0 aliphatic heterocycles. The van der Waals surface area contributed by atoms with E-state index < -0.39 is 0 Å². The minimum absolute atomic E-state index is 0.112. The molecule has 0 fully saturated rings. The Labute approximate surface area is 107 Å². The molecule has 1 aromatic heterocycles. The van der Waals surface area contributed by atoms with Crippen LogP contribution in [0.3, 0.4) is 0 Å². The number of hydrogen-bond acceptors (Lipinski definition) is 2. The van der Waals surface area contributed by atoms with Crippen molar-refractivity contribution in [2.45, 2.75) is 39.5 Å². The Kier molecular flexibility index (Phi) is 3.09. The highest BCUT2D eigenvalue weighted by Gasteiger charge is 2.15. The summed E-state index contributed by atoms with van der Waals surface area (Å²) in [5, 5.41) is 1.49. The quantitative estimate of drug-likeness (QED) is 0.709. The molecule has 1 heterocycles. The number of benzene rings is 1. The number of rotatable bonds is 1. The number of hydrogen-bond donors (Lipinski definition) is 0. The van der Waals surface area contributed by atoms with Gasteiger partial charge in [0.1, 0.15) is 11.0 Å². The first kappa shape index (κ1) is 12.3. The van der Waals surface area contributed by atoms with Crippen LogP contribution in [0.4, 0.5) is 0 Å². The summed E-state index contributed by atoms with van der Waals surface area (Å²) in [6, 6.07) is 6.24. The zero-order chi connectivity index (χ0) is 12.6. The second-order valence-electron chi connectivity index (χ2n) is 5.27. The van der Waals surface area contributed by atoms with Crippen molar-refractivity contribution in [3.8, 4) is 0 Å². The Hall–Kier alpha value is -1.15. The Balaban J connectivity index is 2.67. The van der Waals surface area contributed by atoms with Crippen LogP contribution in [0.1, 0.15) is 39.1 Å². The lowest BCUT2D eigenvalue weighted by Crippen LogP contribution is -2.10. The third-order valence-electron chi connectivity index (χ3n) is 2.88. The summed E-state index contributed by atoms with van der Waals surface area (Å²) in [7, 11) is 0. The normalized spacial score (nSPS) is 12.1. The van der Waals surface area contributed by atoms with E-state index in [1.165, 1.54) is 5.56 Å². The third-order valence-corrected chi connectivity index (χ3v) is 3.17. The van der Waals surface area contributed by atoms with Crippen LogP contribution in [-0.2, 0) is 11.8 Å². The lowest BCUT2D eigenvalue weighted by molar-refractivity contribution is 0.591. The fourth-order valence-corrected chi connectivity index (χ4v) is 2.01. The Morgan fingerprint density at radius 2 is 1.88 bits per heavy atom. The van der Waals surface area contributed by atoms with Gasteiger partial charge in [0.05, 0.1) is 5.52 Å². The lowest BCUT2D eigenvalue weighted by Gasteiger charge is -2.19. The summed E-state index contributed by atoms with van der Waals surface area (Å²) in [6.45, 7) is 8.58. The van der Waals surface area contributed by atoms with Gasteiger partial charge in [-0.15, -0.1) is 0 Å². The minimum Gasteiger partial charge on any atom is -0.233 e. The van der Waals surface area contributed by atoms with Crippen molar-refractivity contribution >= 4 is 22.5 Å². The predicted octanol–water partition coefficient (Wildman–Crippen LogP) is 4.14. The van der Waals surface area contributed by atoms with E-state index in [0.29, 0.717) is 5.15 Å². The maximum atomic E-state index is 6.21. The van der Waals surface area contributed by atoms with Crippen molar-refractivity contribution in [1.82, 2.24) is 9.97 Å². The smallest absolute Gasteiger partial charge is 0.140 e. The first-order valence-corrected chi connectivity index (χ1v) is 6.26. The molecule has 0 N–H and O–H groups in total. The molecule has 0 aliphatic rings. The van der Waals surface area contributed by atoms with Crippen molar-refractivity contribution in [3.05, 3.63) is 34.7 Å². The molecule has 1 aromatic carbocycles. The van der Waals surface area contributed by atoms with E-state index in [2.05, 4.69) is 42.9 Å². The van der Waals surface area contributed by atoms with Crippen LogP contribution in [0.15, 0.2) is 18.2 Å². The molecule has 3 heteroatoms. The van der Waals surface area contributed by atoms with Gasteiger partial charge in [-0.25, -0.2) is 9.97 Å². The molecule has 0 unspecified atom stereocenters. The van der Waals surface area contributed by atoms with Crippen molar-refractivity contribution in [1.29, 1.82) is 0 Å². The zero-order valence-electron chi connectivity index (χ0n) is 10.7. The SMILES string of the molecule is CCc1nc(Cl)c2cc(C(C)(C)C)ccc2n1. The van der Waals surface area contributed by atoms with Gasteiger partial charge in [0.15, 0.2) is 0 Å². The van der Waals surface area contributed by atoms with Crippen molar-refractivity contribution in [2.75, 3.05) is 0 Å². The molecule has 2 aromatic rings. The number of fused-ring (bicyclic) bond motifs is 1. The van der Waals surface area contributed by atoms with Crippen molar-refractivity contribution < 1.29 is 0 Å². The van der Waals surface area contributed by atoms with E-state index in [4.69, 9.17) is 11.6 Å². The van der Waals surface area contributed by atoms with Gasteiger partial charge in [0.2, 0.25) is 0 Å². The topological polar surface area (TPSA) is 25.8 Å². The predicted molar refractivity (Wildman–Crippen MR) is 72.6 cm³/mol. The lowest BCUT2D eigenvalue weighted by atomic mass is 9.86. The summed E-state index contributed by atoms with van der Waals surface area (Å²) in [5.41, 5.74) is 2.29. The average Bonchev–Trinajstić information content (AvgIpc) is 2.27. The number of nitrogens with zero attached hydrogens (tertiary/aromatic N) is 2. The van der Waals surface area contributed by atoms with Gasteiger partial charge in [-0.2, -0.15) is 0 Å². The third kappa shape index (κ3) is 2.42. The average molecular weight is 249 g/mol. The van der Waals surface area contributed by atoms with Crippen LogP contribution in [-0.4, -0.2) is 9.97 Å². The Morgan fingerprint density at radius 1 is 1.18 bits per heavy atom. The molecular weight excluding hydrogens is 232 g/mol. The van der Waals surface area contributed by atoms with Gasteiger partial charge >= 0.3 is 0 Å². The molecule has 0 atom stereocenters. The van der Waals surface area contributed by atoms with Crippen LogP contribution in [0, 0.1) is 0 Å². The highest BCUT2D eigenvalue weighted by atomic mass is 35.5. The van der Waals surface area contributed by atoms with E-state index in [-0.39, 0.29) is 5.41 Å². The second-order valence-corrected chi connectivity index (χ2v) is 5.62. The monoisotopic (exact) mass is 248 g/mol. The summed E-state index contributed by atoms with van der Waals surface area (Å²) in [4.78, 5) is 8.78. The Bertz CT molecular complexity index is 556. The summed E-state index contributed by atoms with van der Waals surface area (Å²) in [5.74, 6) is 0.797. The first-order chi connectivity index (χ1) is 7.91. The molecule has 17 heavy (non-hydrogen) atoms. The molecule has 0 bridgehead atoms. The summed E-state index contributed by atoms with van der Waals surface area (Å²) in [6.07, 6.45) is 0.802.